The zero-order valence-electron chi connectivity index (χ0n) is 19.5. The van der Waals surface area contributed by atoms with Gasteiger partial charge < -0.3 is 4.90 Å². The molecule has 3 heteroatoms. The zero-order chi connectivity index (χ0) is 22.7. The van der Waals surface area contributed by atoms with Crippen LogP contribution < -0.4 is 4.90 Å². The minimum absolute atomic E-state index is 0.0619. The molecule has 2 rings (SSSR count). The lowest BCUT2D eigenvalue weighted by molar-refractivity contribution is 0.567. The number of hydrogen-bond donors (Lipinski definition) is 0. The second kappa shape index (κ2) is 18.9. The molecular formula is C26H39F2N. The first-order valence-corrected chi connectivity index (χ1v) is 10.5. The topological polar surface area (TPSA) is 3.24 Å². The van der Waals surface area contributed by atoms with Gasteiger partial charge >= 0.3 is 0 Å². The number of hydrogen-bond acceptors (Lipinski definition) is 1. The number of halogens is 2. The predicted octanol–water partition coefficient (Wildman–Crippen LogP) is 8.49. The lowest BCUT2D eigenvalue weighted by atomic mass is 10.1. The van der Waals surface area contributed by atoms with Gasteiger partial charge in [0.05, 0.1) is 0 Å². The molecule has 0 saturated heterocycles. The van der Waals surface area contributed by atoms with Crippen LogP contribution >= 0.6 is 0 Å². The van der Waals surface area contributed by atoms with Crippen molar-refractivity contribution in [3.63, 3.8) is 0 Å². The number of allylic oxidation sites excluding steroid dienone is 4. The number of nitrogens with zero attached hydrogens (tertiary/aromatic N) is 1. The zero-order valence-corrected chi connectivity index (χ0v) is 19.5. The van der Waals surface area contributed by atoms with Crippen LogP contribution in [0.25, 0.3) is 0 Å². The van der Waals surface area contributed by atoms with Crippen molar-refractivity contribution in [2.24, 2.45) is 0 Å². The van der Waals surface area contributed by atoms with E-state index in [1.165, 1.54) is 19.1 Å². The Labute approximate surface area is 177 Å². The lowest BCUT2D eigenvalue weighted by Crippen LogP contribution is -2.17. The molecule has 0 atom stereocenters. The van der Waals surface area contributed by atoms with Crippen LogP contribution in [0, 0.1) is 18.6 Å². The first kappa shape index (κ1) is 28.8. The van der Waals surface area contributed by atoms with Crippen LogP contribution in [-0.4, -0.2) is 7.05 Å². The van der Waals surface area contributed by atoms with E-state index >= 15 is 0 Å². The van der Waals surface area contributed by atoms with E-state index in [9.17, 15) is 8.78 Å². The molecule has 0 unspecified atom stereocenters. The summed E-state index contributed by atoms with van der Waals surface area (Å²) in [6.07, 6.45) is 9.36. The van der Waals surface area contributed by atoms with Gasteiger partial charge in [0.1, 0.15) is 11.6 Å². The highest BCUT2D eigenvalue weighted by molar-refractivity contribution is 5.48. The molecule has 0 saturated carbocycles. The molecule has 162 valence electrons. The standard InChI is InChI=1S/C15H15F2N.C7H12.2C2H6/c1-11-14(16)8-13(9-15(11)17)18(2)10-12-6-4-3-5-7-12;1-3-5-7-6-4-2;2*1-2/h3-9H,10H2,1-2H3;3,5-7H,4H2,1-2H3;2*1-2H3/b;5-3-,7-6-;;. The van der Waals surface area contributed by atoms with Crippen LogP contribution in [0.2, 0.25) is 0 Å². The van der Waals surface area contributed by atoms with Gasteiger partial charge in [0.25, 0.3) is 0 Å². The van der Waals surface area contributed by atoms with Crippen molar-refractivity contribution in [3.8, 4) is 0 Å². The number of benzene rings is 2. The van der Waals surface area contributed by atoms with E-state index in [1.54, 1.807) is 0 Å². The number of rotatable bonds is 5. The smallest absolute Gasteiger partial charge is 0.131 e. The lowest BCUT2D eigenvalue weighted by Gasteiger charge is -2.20. The largest absolute Gasteiger partial charge is 0.370 e. The summed E-state index contributed by atoms with van der Waals surface area (Å²) in [6, 6.07) is 12.5. The monoisotopic (exact) mass is 403 g/mol. The van der Waals surface area contributed by atoms with Gasteiger partial charge in [-0.25, -0.2) is 8.78 Å². The molecule has 0 aliphatic rings. The molecule has 0 amide bonds. The van der Waals surface area contributed by atoms with Crippen molar-refractivity contribution >= 4 is 5.69 Å². The van der Waals surface area contributed by atoms with Crippen LogP contribution in [0.15, 0.2) is 66.8 Å². The van der Waals surface area contributed by atoms with Gasteiger partial charge in [0.15, 0.2) is 0 Å². The van der Waals surface area contributed by atoms with E-state index in [0.29, 0.717) is 12.2 Å². The fraction of sp³-hybridized carbons (Fsp3) is 0.385. The van der Waals surface area contributed by atoms with Crippen LogP contribution in [-0.2, 0) is 6.54 Å². The van der Waals surface area contributed by atoms with E-state index in [-0.39, 0.29) is 5.56 Å². The van der Waals surface area contributed by atoms with E-state index in [4.69, 9.17) is 0 Å². The van der Waals surface area contributed by atoms with Gasteiger partial charge in [-0.1, -0.05) is 89.3 Å². The second-order valence-corrected chi connectivity index (χ2v) is 5.74. The van der Waals surface area contributed by atoms with Crippen molar-refractivity contribution in [2.45, 2.75) is 61.4 Å². The fourth-order valence-electron chi connectivity index (χ4n) is 2.13. The van der Waals surface area contributed by atoms with E-state index in [0.717, 1.165) is 12.0 Å². The summed E-state index contributed by atoms with van der Waals surface area (Å²) in [4.78, 5) is 1.82. The molecule has 0 aliphatic heterocycles. The van der Waals surface area contributed by atoms with Crippen LogP contribution in [0.5, 0.6) is 0 Å². The third-order valence-corrected chi connectivity index (χ3v) is 3.64. The van der Waals surface area contributed by atoms with Gasteiger partial charge in [0, 0.05) is 24.8 Å². The predicted molar refractivity (Wildman–Crippen MR) is 127 cm³/mol. The van der Waals surface area contributed by atoms with Gasteiger partial charge in [-0.05, 0) is 38.0 Å². The van der Waals surface area contributed by atoms with Gasteiger partial charge in [0.2, 0.25) is 0 Å². The Morgan fingerprint density at radius 1 is 0.897 bits per heavy atom. The first-order chi connectivity index (χ1) is 14.0. The summed E-state index contributed by atoms with van der Waals surface area (Å²) >= 11 is 0. The fourth-order valence-corrected chi connectivity index (χ4v) is 2.13. The molecule has 0 N–H and O–H groups in total. The quantitative estimate of drug-likeness (QED) is 0.452. The summed E-state index contributed by atoms with van der Waals surface area (Å²) in [5, 5.41) is 0. The molecule has 0 radical (unpaired) electrons. The van der Waals surface area contributed by atoms with E-state index in [2.05, 4.69) is 19.1 Å². The van der Waals surface area contributed by atoms with Crippen LogP contribution in [0.1, 0.15) is 59.1 Å². The van der Waals surface area contributed by atoms with E-state index in [1.807, 2.05) is 89.1 Å². The minimum atomic E-state index is -0.509. The molecule has 0 aromatic heterocycles. The third-order valence-electron chi connectivity index (χ3n) is 3.64. The molecule has 0 bridgehead atoms. The Hall–Kier alpha value is -2.42. The molecule has 2 aromatic rings. The molecule has 0 heterocycles. The molecule has 0 spiro atoms. The summed E-state index contributed by atoms with van der Waals surface area (Å²) in [6.45, 7) is 14.2. The Morgan fingerprint density at radius 3 is 1.86 bits per heavy atom. The van der Waals surface area contributed by atoms with Crippen LogP contribution in [0.3, 0.4) is 0 Å². The van der Waals surface area contributed by atoms with Gasteiger partial charge in [-0.2, -0.15) is 0 Å². The van der Waals surface area contributed by atoms with Gasteiger partial charge in [-0.3, -0.25) is 0 Å². The molecule has 0 aliphatic carbocycles. The van der Waals surface area contributed by atoms with Crippen molar-refractivity contribution in [1.82, 2.24) is 0 Å². The summed E-state index contributed by atoms with van der Waals surface area (Å²) in [5.74, 6) is -1.02. The SMILES string of the molecule is C/C=C\C=C/CC.CC.CC.Cc1c(F)cc(N(C)Cc2ccccc2)cc1F. The van der Waals surface area contributed by atoms with Crippen molar-refractivity contribution in [1.29, 1.82) is 0 Å². The Balaban J connectivity index is 0. The normalized spacial score (nSPS) is 9.72. The van der Waals surface area contributed by atoms with E-state index < -0.39 is 11.6 Å². The highest BCUT2D eigenvalue weighted by Crippen LogP contribution is 2.21. The molecule has 29 heavy (non-hydrogen) atoms. The Bertz CT molecular complexity index is 668. The first-order valence-electron chi connectivity index (χ1n) is 10.5. The highest BCUT2D eigenvalue weighted by Gasteiger charge is 2.09. The molecule has 2 aromatic carbocycles. The maximum absolute atomic E-state index is 13.5. The van der Waals surface area contributed by atoms with Crippen molar-refractivity contribution in [2.75, 3.05) is 11.9 Å². The minimum Gasteiger partial charge on any atom is -0.370 e. The Kier molecular flexibility index (Phi) is 18.8. The third kappa shape index (κ3) is 12.6. The summed E-state index contributed by atoms with van der Waals surface area (Å²) in [5.41, 5.74) is 1.70. The van der Waals surface area contributed by atoms with Gasteiger partial charge in [-0.15, -0.1) is 0 Å². The molecular weight excluding hydrogens is 364 g/mol. The maximum Gasteiger partial charge on any atom is 0.131 e. The highest BCUT2D eigenvalue weighted by atomic mass is 19.1. The van der Waals surface area contributed by atoms with Crippen LogP contribution in [0.4, 0.5) is 14.5 Å². The van der Waals surface area contributed by atoms with Crippen molar-refractivity contribution in [3.05, 3.63) is 89.5 Å². The van der Waals surface area contributed by atoms with Crippen molar-refractivity contribution < 1.29 is 8.78 Å². The average Bonchev–Trinajstić information content (AvgIpc) is 2.76. The maximum atomic E-state index is 13.5. The second-order valence-electron chi connectivity index (χ2n) is 5.74. The number of anilines is 1. The summed E-state index contributed by atoms with van der Waals surface area (Å²) in [7, 11) is 1.82. The molecule has 1 nitrogen and oxygen atoms in total. The Morgan fingerprint density at radius 2 is 1.41 bits per heavy atom. The summed E-state index contributed by atoms with van der Waals surface area (Å²) < 4.78 is 26.9. The average molecular weight is 404 g/mol. The molecule has 0 fully saturated rings.